The van der Waals surface area contributed by atoms with Crippen LogP contribution >= 0.6 is 0 Å². The Morgan fingerprint density at radius 3 is 1.57 bits per heavy atom. The highest BCUT2D eigenvalue weighted by Crippen LogP contribution is 2.17. The molecule has 0 radical (unpaired) electrons. The molecule has 3 N–H and O–H groups in total. The monoisotopic (exact) mass is 679 g/mol. The van der Waals surface area contributed by atoms with E-state index in [-0.39, 0.29) is 49.2 Å². The molecular formula is C31H57N3O13. The van der Waals surface area contributed by atoms with Crippen molar-refractivity contribution in [2.24, 2.45) is 5.73 Å². The summed E-state index contributed by atoms with van der Waals surface area (Å²) in [6, 6.07) is 0.173. The van der Waals surface area contributed by atoms with Crippen molar-refractivity contribution in [3.05, 3.63) is 12.2 Å². The van der Waals surface area contributed by atoms with Crippen LogP contribution in [-0.2, 0) is 62.1 Å². The Bertz CT molecular complexity index is 829. The van der Waals surface area contributed by atoms with Gasteiger partial charge in [-0.25, -0.2) is 9.78 Å². The van der Waals surface area contributed by atoms with Gasteiger partial charge in [0.25, 0.3) is 11.8 Å². The molecule has 0 saturated heterocycles. The summed E-state index contributed by atoms with van der Waals surface area (Å²) in [7, 11) is 0. The highest BCUT2D eigenvalue weighted by Gasteiger charge is 2.22. The Morgan fingerprint density at radius 1 is 0.702 bits per heavy atom. The summed E-state index contributed by atoms with van der Waals surface area (Å²) in [6.07, 6.45) is 4.19. The summed E-state index contributed by atoms with van der Waals surface area (Å²) in [5.74, 6) is -0.942. The Kier molecular flexibility index (Phi) is 26.4. The molecule has 1 heterocycles. The Balaban J connectivity index is 1.70. The van der Waals surface area contributed by atoms with E-state index in [2.05, 4.69) is 5.32 Å². The van der Waals surface area contributed by atoms with Gasteiger partial charge in [0.05, 0.1) is 105 Å². The third kappa shape index (κ3) is 26.5. The van der Waals surface area contributed by atoms with Crippen molar-refractivity contribution < 1.29 is 62.1 Å². The average Bonchev–Trinajstić information content (AvgIpc) is 3.35. The van der Waals surface area contributed by atoms with Crippen molar-refractivity contribution in [2.75, 3.05) is 119 Å². The van der Waals surface area contributed by atoms with E-state index in [1.807, 2.05) is 20.8 Å². The number of carbonyl (C=O) groups is 3. The number of primary amides is 1. The zero-order chi connectivity index (χ0) is 34.4. The van der Waals surface area contributed by atoms with Crippen LogP contribution in [0, 0.1) is 0 Å². The first-order chi connectivity index (χ1) is 22.7. The van der Waals surface area contributed by atoms with Gasteiger partial charge in [-0.05, 0) is 33.6 Å². The minimum atomic E-state index is -0.387. The first kappa shape index (κ1) is 42.9. The molecule has 47 heavy (non-hydrogen) atoms. The topological polar surface area (TPSA) is 185 Å². The molecule has 1 rings (SSSR count). The van der Waals surface area contributed by atoms with Crippen LogP contribution in [0.4, 0.5) is 0 Å². The smallest absolute Gasteiger partial charge is 0.253 e. The summed E-state index contributed by atoms with van der Waals surface area (Å²) < 4.78 is 43.8. The van der Waals surface area contributed by atoms with Gasteiger partial charge in [0.15, 0.2) is 0 Å². The lowest BCUT2D eigenvalue weighted by atomic mass is 10.0. The van der Waals surface area contributed by atoms with E-state index in [1.54, 1.807) is 0 Å². The van der Waals surface area contributed by atoms with E-state index in [0.717, 1.165) is 11.3 Å². The minimum absolute atomic E-state index is 0.173. The minimum Gasteiger partial charge on any atom is -0.377 e. The van der Waals surface area contributed by atoms with E-state index in [9.17, 15) is 14.4 Å². The van der Waals surface area contributed by atoms with Crippen LogP contribution in [0.2, 0.25) is 0 Å². The average molecular weight is 680 g/mol. The van der Waals surface area contributed by atoms with Crippen LogP contribution < -0.4 is 11.1 Å². The quantitative estimate of drug-likeness (QED) is 0.0308. The largest absolute Gasteiger partial charge is 0.377 e. The maximum absolute atomic E-state index is 11.4. The Labute approximate surface area is 278 Å². The van der Waals surface area contributed by atoms with Crippen LogP contribution in [0.25, 0.3) is 0 Å². The molecule has 0 fully saturated rings. The van der Waals surface area contributed by atoms with Gasteiger partial charge in [0.2, 0.25) is 5.91 Å². The number of imide groups is 1. The van der Waals surface area contributed by atoms with E-state index in [1.165, 1.54) is 12.2 Å². The van der Waals surface area contributed by atoms with Crippen molar-refractivity contribution in [1.29, 1.82) is 0 Å². The number of hydrogen-bond acceptors (Lipinski definition) is 14. The number of nitrogens with zero attached hydrogens (tertiary/aromatic N) is 1. The first-order valence-electron chi connectivity index (χ1n) is 16.2. The molecule has 0 aliphatic carbocycles. The fourth-order valence-electron chi connectivity index (χ4n) is 3.71. The van der Waals surface area contributed by atoms with Crippen LogP contribution in [0.1, 0.15) is 40.0 Å². The lowest BCUT2D eigenvalue weighted by Gasteiger charge is -2.25. The van der Waals surface area contributed by atoms with E-state index >= 15 is 0 Å². The molecular weight excluding hydrogens is 622 g/mol. The van der Waals surface area contributed by atoms with E-state index < -0.39 is 0 Å². The predicted molar refractivity (Wildman–Crippen MR) is 169 cm³/mol. The lowest BCUT2D eigenvalue weighted by Crippen LogP contribution is -2.33. The van der Waals surface area contributed by atoms with Gasteiger partial charge in [0.1, 0.15) is 13.3 Å². The molecule has 16 nitrogen and oxygen atoms in total. The molecule has 0 spiro atoms. The van der Waals surface area contributed by atoms with Crippen LogP contribution in [-0.4, -0.2) is 153 Å². The van der Waals surface area contributed by atoms with Gasteiger partial charge < -0.3 is 43.6 Å². The summed E-state index contributed by atoms with van der Waals surface area (Å²) in [5.41, 5.74) is 4.81. The molecule has 16 heteroatoms. The molecule has 1 aliphatic rings. The molecule has 0 bridgehead atoms. The summed E-state index contributed by atoms with van der Waals surface area (Å²) in [5, 5.41) is 3.18. The van der Waals surface area contributed by atoms with Crippen molar-refractivity contribution >= 4 is 17.7 Å². The van der Waals surface area contributed by atoms with Gasteiger partial charge in [-0.2, -0.15) is 0 Å². The fourth-order valence-corrected chi connectivity index (χ4v) is 3.71. The second kappa shape index (κ2) is 28.9. The number of nitrogens with one attached hydrogen (secondary N) is 1. The molecule has 0 aromatic heterocycles. The van der Waals surface area contributed by atoms with Gasteiger partial charge in [-0.15, -0.1) is 0 Å². The molecule has 1 aliphatic heterocycles. The standard InChI is InChI=1S/C31H57N3O13/c1-27(7-10-45-31(2,3)8-6-28(32)35)33-26-47-46-25-24-44-23-22-43-21-20-42-19-18-41-17-16-40-15-14-39-13-12-38-11-9-34-29(36)4-5-30(34)37/h4-5,27,33H,6-26H2,1-3H3,(H2,32,35). The number of amides is 3. The van der Waals surface area contributed by atoms with Gasteiger partial charge in [-0.3, -0.25) is 24.6 Å². The zero-order valence-electron chi connectivity index (χ0n) is 28.4. The third-order valence-electron chi connectivity index (χ3n) is 6.49. The van der Waals surface area contributed by atoms with E-state index in [4.69, 9.17) is 53.4 Å². The number of ether oxygens (including phenoxy) is 8. The molecule has 0 aromatic carbocycles. The predicted octanol–water partition coefficient (Wildman–Crippen LogP) is 0.362. The number of carbonyl (C=O) groups excluding carboxylic acids is 3. The maximum atomic E-state index is 11.4. The summed E-state index contributed by atoms with van der Waals surface area (Å²) in [6.45, 7) is 13.3. The summed E-state index contributed by atoms with van der Waals surface area (Å²) in [4.78, 5) is 45.1. The second-order valence-corrected chi connectivity index (χ2v) is 11.0. The lowest BCUT2D eigenvalue weighted by molar-refractivity contribution is -0.304. The van der Waals surface area contributed by atoms with Crippen LogP contribution in [0.15, 0.2) is 12.2 Å². The van der Waals surface area contributed by atoms with Crippen LogP contribution in [0.3, 0.4) is 0 Å². The van der Waals surface area contributed by atoms with Gasteiger partial charge >= 0.3 is 0 Å². The Hall–Kier alpha value is -2.09. The first-order valence-corrected chi connectivity index (χ1v) is 16.2. The van der Waals surface area contributed by atoms with Crippen molar-refractivity contribution in [2.45, 2.75) is 51.7 Å². The molecule has 274 valence electrons. The normalized spacial score (nSPS) is 14.1. The zero-order valence-corrected chi connectivity index (χ0v) is 28.4. The number of hydrogen-bond donors (Lipinski definition) is 2. The fraction of sp³-hybridized carbons (Fsp3) is 0.839. The number of nitrogens with two attached hydrogens (primary N) is 1. The van der Waals surface area contributed by atoms with E-state index in [0.29, 0.717) is 112 Å². The Morgan fingerprint density at radius 2 is 1.13 bits per heavy atom. The highest BCUT2D eigenvalue weighted by atomic mass is 17.2. The molecule has 0 aromatic rings. The molecule has 0 saturated carbocycles. The summed E-state index contributed by atoms with van der Waals surface area (Å²) >= 11 is 0. The van der Waals surface area contributed by atoms with Crippen molar-refractivity contribution in [3.63, 3.8) is 0 Å². The number of rotatable bonds is 35. The van der Waals surface area contributed by atoms with Crippen molar-refractivity contribution in [3.8, 4) is 0 Å². The van der Waals surface area contributed by atoms with Crippen LogP contribution in [0.5, 0.6) is 0 Å². The SMILES string of the molecule is CC(CCOC(C)(C)CCC(N)=O)NCOOCCOCCOCCOCCOCCOCCOCCOCCN1C(=O)C=CC1=O. The molecule has 1 unspecified atom stereocenters. The molecule has 1 atom stereocenters. The maximum Gasteiger partial charge on any atom is 0.253 e. The highest BCUT2D eigenvalue weighted by molar-refractivity contribution is 6.12. The second-order valence-electron chi connectivity index (χ2n) is 11.0. The molecule has 3 amide bonds. The van der Waals surface area contributed by atoms with Gasteiger partial charge in [-0.1, -0.05) is 0 Å². The third-order valence-corrected chi connectivity index (χ3v) is 6.49. The van der Waals surface area contributed by atoms with Gasteiger partial charge in [0, 0.05) is 31.2 Å². The van der Waals surface area contributed by atoms with Crippen molar-refractivity contribution in [1.82, 2.24) is 10.2 Å².